The normalized spacial score (nSPS) is 12.3. The molecule has 0 aliphatic rings. The van der Waals surface area contributed by atoms with Crippen LogP contribution in [-0.4, -0.2) is 19.6 Å². The van der Waals surface area contributed by atoms with Gasteiger partial charge in [0.1, 0.15) is 17.7 Å². The Labute approximate surface area is 131 Å². The summed E-state index contributed by atoms with van der Waals surface area (Å²) in [6.07, 6.45) is 5.56. The fraction of sp³-hybridized carbons (Fsp3) is 0.125. The molecule has 0 spiro atoms. The third kappa shape index (κ3) is 3.00. The predicted octanol–water partition coefficient (Wildman–Crippen LogP) is 3.20. The Kier molecular flexibility index (Phi) is 4.18. The Hall–Kier alpha value is -2.24. The van der Waals surface area contributed by atoms with Crippen LogP contribution < -0.4 is 0 Å². The Bertz CT molecular complexity index is 776. The third-order valence-electron chi connectivity index (χ3n) is 3.35. The lowest BCUT2D eigenvalue weighted by Crippen LogP contribution is -2.11. The summed E-state index contributed by atoms with van der Waals surface area (Å²) < 4.78 is 15.6. The molecule has 0 fully saturated rings. The number of aliphatic hydroxyl groups is 1. The highest BCUT2D eigenvalue weighted by molar-refractivity contribution is 6.30. The molecule has 1 N–H and O–H groups in total. The number of benzene rings is 1. The minimum Gasteiger partial charge on any atom is -0.380 e. The molecule has 0 saturated heterocycles. The van der Waals surface area contributed by atoms with Crippen LogP contribution in [0.1, 0.15) is 23.1 Å². The zero-order valence-corrected chi connectivity index (χ0v) is 12.3. The largest absolute Gasteiger partial charge is 0.380 e. The molecular weight excluding hydrogens is 305 g/mol. The molecule has 0 radical (unpaired) electrons. The lowest BCUT2D eigenvalue weighted by Gasteiger charge is -2.14. The van der Waals surface area contributed by atoms with Gasteiger partial charge in [-0.1, -0.05) is 23.7 Å². The van der Waals surface area contributed by atoms with Crippen LogP contribution >= 0.6 is 11.6 Å². The first-order valence-electron chi connectivity index (χ1n) is 6.68. The molecule has 0 aliphatic heterocycles. The molecule has 0 saturated carbocycles. The number of aliphatic hydroxyl groups excluding tert-OH is 1. The lowest BCUT2D eigenvalue weighted by atomic mass is 10.1. The van der Waals surface area contributed by atoms with Crippen molar-refractivity contribution in [3.05, 3.63) is 82.9 Å². The first kappa shape index (κ1) is 14.7. The van der Waals surface area contributed by atoms with Crippen molar-refractivity contribution in [1.82, 2.24) is 14.5 Å². The molecule has 6 heteroatoms. The van der Waals surface area contributed by atoms with E-state index in [-0.39, 0.29) is 12.4 Å². The molecule has 0 amide bonds. The van der Waals surface area contributed by atoms with Gasteiger partial charge in [0.2, 0.25) is 0 Å². The highest BCUT2D eigenvalue weighted by Gasteiger charge is 2.17. The van der Waals surface area contributed by atoms with E-state index in [0.29, 0.717) is 22.0 Å². The zero-order valence-electron chi connectivity index (χ0n) is 11.5. The average molecular weight is 318 g/mol. The van der Waals surface area contributed by atoms with Crippen molar-refractivity contribution in [2.45, 2.75) is 12.6 Å². The highest BCUT2D eigenvalue weighted by atomic mass is 35.5. The summed E-state index contributed by atoms with van der Waals surface area (Å²) in [5, 5.41) is 10.8. The van der Waals surface area contributed by atoms with Gasteiger partial charge in [0, 0.05) is 40.9 Å². The predicted molar refractivity (Wildman–Crippen MR) is 81.0 cm³/mol. The van der Waals surface area contributed by atoms with E-state index in [2.05, 4.69) is 9.97 Å². The van der Waals surface area contributed by atoms with E-state index in [1.165, 1.54) is 6.07 Å². The van der Waals surface area contributed by atoms with Crippen molar-refractivity contribution < 1.29 is 9.50 Å². The summed E-state index contributed by atoms with van der Waals surface area (Å²) in [5.41, 5.74) is 1.11. The van der Waals surface area contributed by atoms with Crippen molar-refractivity contribution in [1.29, 1.82) is 0 Å². The van der Waals surface area contributed by atoms with Crippen LogP contribution in [0.15, 0.2) is 55.1 Å². The number of halogens is 2. The van der Waals surface area contributed by atoms with Crippen molar-refractivity contribution in [3.63, 3.8) is 0 Å². The van der Waals surface area contributed by atoms with E-state index in [9.17, 15) is 9.50 Å². The Morgan fingerprint density at radius 2 is 2.14 bits per heavy atom. The van der Waals surface area contributed by atoms with E-state index in [4.69, 9.17) is 11.6 Å². The van der Waals surface area contributed by atoms with Crippen molar-refractivity contribution in [2.24, 2.45) is 0 Å². The van der Waals surface area contributed by atoms with Crippen molar-refractivity contribution >= 4 is 11.6 Å². The number of hydrogen-bond donors (Lipinski definition) is 1. The molecule has 1 aromatic carbocycles. The van der Waals surface area contributed by atoms with Crippen LogP contribution in [0.4, 0.5) is 4.39 Å². The van der Waals surface area contributed by atoms with Gasteiger partial charge in [-0.3, -0.25) is 4.98 Å². The van der Waals surface area contributed by atoms with Crippen LogP contribution in [0, 0.1) is 5.82 Å². The van der Waals surface area contributed by atoms with Crippen LogP contribution in [-0.2, 0) is 6.54 Å². The summed E-state index contributed by atoms with van der Waals surface area (Å²) in [4.78, 5) is 8.15. The maximum absolute atomic E-state index is 13.9. The Balaban J connectivity index is 1.89. The van der Waals surface area contributed by atoms with Crippen molar-refractivity contribution in [3.8, 4) is 0 Å². The highest BCUT2D eigenvalue weighted by Crippen LogP contribution is 2.22. The summed E-state index contributed by atoms with van der Waals surface area (Å²) in [6.45, 7) is 0.260. The standard InChI is InChI=1S/C16H13ClFN3O/c17-13-4-3-12(14(18)8-13)10-21-7-6-20-16(21)15(22)11-2-1-5-19-9-11/h1-9,15,22H,10H2. The van der Waals surface area contributed by atoms with Crippen LogP contribution in [0.25, 0.3) is 0 Å². The number of nitrogens with zero attached hydrogens (tertiary/aromatic N) is 3. The van der Waals surface area contributed by atoms with Gasteiger partial charge < -0.3 is 9.67 Å². The minimum absolute atomic E-state index is 0.260. The second-order valence-corrected chi connectivity index (χ2v) is 5.27. The molecule has 1 unspecified atom stereocenters. The number of pyridine rings is 1. The molecule has 3 rings (SSSR count). The fourth-order valence-electron chi connectivity index (χ4n) is 2.22. The van der Waals surface area contributed by atoms with Crippen LogP contribution in [0.2, 0.25) is 5.02 Å². The van der Waals surface area contributed by atoms with E-state index >= 15 is 0 Å². The van der Waals surface area contributed by atoms with Crippen molar-refractivity contribution in [2.75, 3.05) is 0 Å². The fourth-order valence-corrected chi connectivity index (χ4v) is 2.38. The van der Waals surface area contributed by atoms with E-state index in [0.717, 1.165) is 0 Å². The molecule has 2 heterocycles. The first-order chi connectivity index (χ1) is 10.6. The molecule has 22 heavy (non-hydrogen) atoms. The summed E-state index contributed by atoms with van der Waals surface area (Å²) in [6, 6.07) is 8.03. The van der Waals surface area contributed by atoms with Gasteiger partial charge in [-0.15, -0.1) is 0 Å². The third-order valence-corrected chi connectivity index (χ3v) is 3.58. The molecule has 3 aromatic rings. The molecule has 0 aliphatic carbocycles. The van der Waals surface area contributed by atoms with Gasteiger partial charge in [0.15, 0.2) is 0 Å². The summed E-state index contributed by atoms with van der Waals surface area (Å²) >= 11 is 5.75. The van der Waals surface area contributed by atoms with Gasteiger partial charge >= 0.3 is 0 Å². The van der Waals surface area contributed by atoms with Gasteiger partial charge in [0.25, 0.3) is 0 Å². The molecule has 4 nitrogen and oxygen atoms in total. The SMILES string of the molecule is OC(c1cccnc1)c1nccn1Cc1ccc(Cl)cc1F. The molecule has 1 atom stereocenters. The van der Waals surface area contributed by atoms with Gasteiger partial charge in [-0.25, -0.2) is 9.37 Å². The Morgan fingerprint density at radius 3 is 2.86 bits per heavy atom. The number of imidazole rings is 1. The smallest absolute Gasteiger partial charge is 0.142 e. The summed E-state index contributed by atoms with van der Waals surface area (Å²) in [7, 11) is 0. The molecular formula is C16H13ClFN3O. The number of rotatable bonds is 4. The zero-order chi connectivity index (χ0) is 15.5. The minimum atomic E-state index is -0.918. The van der Waals surface area contributed by atoms with E-state index in [1.54, 1.807) is 53.6 Å². The van der Waals surface area contributed by atoms with Gasteiger partial charge in [-0.05, 0) is 18.2 Å². The molecule has 0 bridgehead atoms. The van der Waals surface area contributed by atoms with Gasteiger partial charge in [-0.2, -0.15) is 0 Å². The molecule has 2 aromatic heterocycles. The van der Waals surface area contributed by atoms with Crippen LogP contribution in [0.5, 0.6) is 0 Å². The second kappa shape index (κ2) is 6.25. The van der Waals surface area contributed by atoms with E-state index in [1.807, 2.05) is 0 Å². The summed E-state index contributed by atoms with van der Waals surface area (Å²) in [5.74, 6) is 0.0466. The monoisotopic (exact) mass is 317 g/mol. The van der Waals surface area contributed by atoms with E-state index < -0.39 is 6.10 Å². The first-order valence-corrected chi connectivity index (χ1v) is 7.06. The Morgan fingerprint density at radius 1 is 1.27 bits per heavy atom. The number of hydrogen-bond acceptors (Lipinski definition) is 3. The maximum Gasteiger partial charge on any atom is 0.142 e. The maximum atomic E-state index is 13.9. The quantitative estimate of drug-likeness (QED) is 0.804. The lowest BCUT2D eigenvalue weighted by molar-refractivity contribution is 0.204. The second-order valence-electron chi connectivity index (χ2n) is 4.84. The average Bonchev–Trinajstić information content (AvgIpc) is 2.98. The molecule has 112 valence electrons. The number of aromatic nitrogens is 3. The topological polar surface area (TPSA) is 50.9 Å². The van der Waals surface area contributed by atoms with Crippen LogP contribution in [0.3, 0.4) is 0 Å². The van der Waals surface area contributed by atoms with Gasteiger partial charge in [0.05, 0.1) is 6.54 Å².